The number of aliphatic hydroxyl groups is 1. The number of carbonyl (C=O) groups is 1. The lowest BCUT2D eigenvalue weighted by Crippen LogP contribution is -2.45. The van der Waals surface area contributed by atoms with Gasteiger partial charge in [0.1, 0.15) is 5.60 Å². The van der Waals surface area contributed by atoms with Crippen LogP contribution in [0.2, 0.25) is 0 Å². The van der Waals surface area contributed by atoms with Crippen LogP contribution in [0, 0.1) is 0 Å². The molecule has 0 aromatic rings. The van der Waals surface area contributed by atoms with Crippen molar-refractivity contribution in [1.29, 1.82) is 0 Å². The molecule has 0 aromatic heterocycles. The first-order valence-electron chi connectivity index (χ1n) is 6.61. The Morgan fingerprint density at radius 2 is 1.83 bits per heavy atom. The molecule has 1 fully saturated rings. The van der Waals surface area contributed by atoms with Crippen molar-refractivity contribution in [2.45, 2.75) is 71.6 Å². The van der Waals surface area contributed by atoms with Gasteiger partial charge < -0.3 is 9.84 Å². The van der Waals surface area contributed by atoms with E-state index in [1.165, 1.54) is 6.42 Å². The van der Waals surface area contributed by atoms with E-state index >= 15 is 0 Å². The molecule has 0 amide bonds. The maximum absolute atomic E-state index is 9.60. The fourth-order valence-corrected chi connectivity index (χ4v) is 2.05. The van der Waals surface area contributed by atoms with E-state index in [0.29, 0.717) is 19.1 Å². The Morgan fingerprint density at radius 1 is 1.28 bits per heavy atom. The molecule has 108 valence electrons. The zero-order valence-electron chi connectivity index (χ0n) is 12.7. The second-order valence-electron chi connectivity index (χ2n) is 6.67. The van der Waals surface area contributed by atoms with Crippen molar-refractivity contribution < 1.29 is 14.6 Å². The average molecular weight is 259 g/mol. The molecule has 1 heterocycles. The van der Waals surface area contributed by atoms with Crippen molar-refractivity contribution in [2.24, 2.45) is 0 Å². The quantitative estimate of drug-likeness (QED) is 0.772. The molecule has 0 unspecified atom stereocenters. The Hall–Kier alpha value is -0.610. The summed E-state index contributed by atoms with van der Waals surface area (Å²) in [7, 11) is 0. The molecule has 0 saturated carbocycles. The molecule has 1 aliphatic heterocycles. The summed E-state index contributed by atoms with van der Waals surface area (Å²) in [6, 6.07) is 0.412. The number of rotatable bonds is 2. The predicted molar refractivity (Wildman–Crippen MR) is 73.5 cm³/mol. The van der Waals surface area contributed by atoms with Crippen molar-refractivity contribution in [1.82, 2.24) is 4.90 Å². The minimum absolute atomic E-state index is 0.226. The zero-order chi connectivity index (χ0) is 14.4. The Labute approximate surface area is 111 Å². The molecule has 0 aromatic carbocycles. The second-order valence-corrected chi connectivity index (χ2v) is 6.67. The third kappa shape index (κ3) is 6.97. The molecular weight excluding hydrogens is 230 g/mol. The molecule has 0 radical (unpaired) electrons. The highest BCUT2D eigenvalue weighted by atomic mass is 16.5. The van der Waals surface area contributed by atoms with Crippen molar-refractivity contribution in [3.8, 4) is 0 Å². The fraction of sp³-hybridized carbons (Fsp3) is 0.929. The summed E-state index contributed by atoms with van der Waals surface area (Å²) in [6.07, 6.45) is 2.40. The van der Waals surface area contributed by atoms with Crippen LogP contribution in [-0.4, -0.2) is 46.8 Å². The van der Waals surface area contributed by atoms with Crippen molar-refractivity contribution in [2.75, 3.05) is 13.2 Å². The summed E-state index contributed by atoms with van der Waals surface area (Å²) < 4.78 is 4.55. The fourth-order valence-electron chi connectivity index (χ4n) is 2.05. The minimum Gasteiger partial charge on any atom is -0.462 e. The van der Waals surface area contributed by atoms with E-state index in [2.05, 4.69) is 30.4 Å². The summed E-state index contributed by atoms with van der Waals surface area (Å²) in [4.78, 5) is 12.0. The smallest absolute Gasteiger partial charge is 0.293 e. The third-order valence-electron chi connectivity index (χ3n) is 2.85. The van der Waals surface area contributed by atoms with Gasteiger partial charge in [-0.05, 0) is 60.9 Å². The van der Waals surface area contributed by atoms with Gasteiger partial charge in [0.2, 0.25) is 0 Å². The number of hydrogen-bond acceptors (Lipinski definition) is 4. The summed E-state index contributed by atoms with van der Waals surface area (Å²) in [5.74, 6) is 0. The molecule has 1 aliphatic rings. The van der Waals surface area contributed by atoms with E-state index in [4.69, 9.17) is 5.11 Å². The third-order valence-corrected chi connectivity index (χ3v) is 2.85. The van der Waals surface area contributed by atoms with E-state index in [9.17, 15) is 4.79 Å². The summed E-state index contributed by atoms with van der Waals surface area (Å²) >= 11 is 0. The number of likely N-dealkylation sites (tertiary alicyclic amines) is 1. The van der Waals surface area contributed by atoms with Gasteiger partial charge in [-0.3, -0.25) is 9.69 Å². The Bertz CT molecular complexity index is 240. The second kappa shape index (κ2) is 7.10. The van der Waals surface area contributed by atoms with Gasteiger partial charge in [-0.25, -0.2) is 0 Å². The van der Waals surface area contributed by atoms with Gasteiger partial charge in [0.05, 0.1) is 6.61 Å². The zero-order valence-corrected chi connectivity index (χ0v) is 12.7. The van der Waals surface area contributed by atoms with Crippen molar-refractivity contribution in [3.63, 3.8) is 0 Å². The highest BCUT2D eigenvalue weighted by Gasteiger charge is 2.31. The summed E-state index contributed by atoms with van der Waals surface area (Å²) in [6.45, 7) is 14.0. The van der Waals surface area contributed by atoms with Crippen LogP contribution in [0.1, 0.15) is 54.4 Å². The van der Waals surface area contributed by atoms with E-state index in [1.807, 2.05) is 20.8 Å². The number of nitrogens with zero attached hydrogens (tertiary/aromatic N) is 1. The van der Waals surface area contributed by atoms with Gasteiger partial charge in [0, 0.05) is 11.6 Å². The first-order valence-corrected chi connectivity index (χ1v) is 6.61. The number of carbonyl (C=O) groups excluding carboxylic acids is 1. The lowest BCUT2D eigenvalue weighted by atomic mass is 10.1. The average Bonchev–Trinajstić information content (AvgIpc) is 2.63. The molecule has 1 N–H and O–H groups in total. The lowest BCUT2D eigenvalue weighted by Gasteiger charge is -2.36. The Kier molecular flexibility index (Phi) is 6.86. The van der Waals surface area contributed by atoms with E-state index in [0.717, 1.165) is 13.0 Å². The maximum atomic E-state index is 9.60. The molecule has 18 heavy (non-hydrogen) atoms. The van der Waals surface area contributed by atoms with E-state index in [1.54, 1.807) is 0 Å². The van der Waals surface area contributed by atoms with Crippen molar-refractivity contribution >= 4 is 6.47 Å². The van der Waals surface area contributed by atoms with Crippen LogP contribution in [0.25, 0.3) is 0 Å². The van der Waals surface area contributed by atoms with Gasteiger partial charge >= 0.3 is 0 Å². The number of hydrogen-bond donors (Lipinski definition) is 1. The van der Waals surface area contributed by atoms with Crippen LogP contribution in [-0.2, 0) is 9.53 Å². The maximum Gasteiger partial charge on any atom is 0.293 e. The SMILES string of the molecule is CC(C)(C)N1CCC[C@@H]1CO.CC(C)(C)OC=O. The first-order chi connectivity index (χ1) is 8.11. The highest BCUT2D eigenvalue weighted by Crippen LogP contribution is 2.25. The first kappa shape index (κ1) is 17.4. The largest absolute Gasteiger partial charge is 0.462 e. The molecule has 4 nitrogen and oxygen atoms in total. The van der Waals surface area contributed by atoms with Gasteiger partial charge in [-0.15, -0.1) is 0 Å². The van der Waals surface area contributed by atoms with Crippen LogP contribution in [0.15, 0.2) is 0 Å². The topological polar surface area (TPSA) is 49.8 Å². The van der Waals surface area contributed by atoms with Crippen LogP contribution in [0.5, 0.6) is 0 Å². The van der Waals surface area contributed by atoms with E-state index in [-0.39, 0.29) is 11.1 Å². The molecule has 4 heteroatoms. The Balaban J connectivity index is 0.000000360. The minimum atomic E-state index is -0.318. The van der Waals surface area contributed by atoms with Gasteiger partial charge in [-0.1, -0.05) is 0 Å². The van der Waals surface area contributed by atoms with Crippen LogP contribution in [0.4, 0.5) is 0 Å². The number of aliphatic hydroxyl groups excluding tert-OH is 1. The summed E-state index contributed by atoms with van der Waals surface area (Å²) in [5.41, 5.74) is -0.0916. The van der Waals surface area contributed by atoms with E-state index < -0.39 is 0 Å². The summed E-state index contributed by atoms with van der Waals surface area (Å²) in [5, 5.41) is 9.06. The predicted octanol–water partition coefficient (Wildman–Crippen LogP) is 2.20. The van der Waals surface area contributed by atoms with Crippen LogP contribution < -0.4 is 0 Å². The normalized spacial score (nSPS) is 21.2. The molecule has 1 saturated heterocycles. The molecule has 1 rings (SSSR count). The molecule has 0 spiro atoms. The van der Waals surface area contributed by atoms with Crippen LogP contribution >= 0.6 is 0 Å². The van der Waals surface area contributed by atoms with Gasteiger partial charge in [0.15, 0.2) is 0 Å². The number of ether oxygens (including phenoxy) is 1. The van der Waals surface area contributed by atoms with Crippen molar-refractivity contribution in [3.05, 3.63) is 0 Å². The molecule has 0 aliphatic carbocycles. The standard InChI is InChI=1S/C9H19NO.C5H10O2/c1-9(2,3)10-6-4-5-8(10)7-11;1-5(2,3)7-4-6/h8,11H,4-7H2,1-3H3;4H,1-3H3/t8-;/m1./s1. The van der Waals surface area contributed by atoms with Gasteiger partial charge in [-0.2, -0.15) is 0 Å². The Morgan fingerprint density at radius 3 is 2.06 bits per heavy atom. The lowest BCUT2D eigenvalue weighted by molar-refractivity contribution is -0.138. The molecule has 1 atom stereocenters. The molecule has 0 bridgehead atoms. The van der Waals surface area contributed by atoms with Crippen LogP contribution in [0.3, 0.4) is 0 Å². The highest BCUT2D eigenvalue weighted by molar-refractivity contribution is 5.37. The van der Waals surface area contributed by atoms with Gasteiger partial charge in [0.25, 0.3) is 6.47 Å². The monoisotopic (exact) mass is 259 g/mol. The molecular formula is C14H29NO3.